The second kappa shape index (κ2) is 39.4. The molecule has 0 aromatic heterocycles. The van der Waals surface area contributed by atoms with Crippen LogP contribution in [0.1, 0.15) is 194 Å². The summed E-state index contributed by atoms with van der Waals surface area (Å²) in [5.74, 6) is -2.23. The van der Waals surface area contributed by atoms with Crippen molar-refractivity contribution in [1.82, 2.24) is 0 Å². The van der Waals surface area contributed by atoms with Crippen LogP contribution in [0.15, 0.2) is 48.6 Å². The van der Waals surface area contributed by atoms with Crippen molar-refractivity contribution < 1.29 is 48.9 Å². The molecule has 0 aliphatic carbocycles. The molecule has 9 nitrogen and oxygen atoms in total. The minimum absolute atomic E-state index is 0.211. The number of carbonyl (C=O) groups excluding carboxylic acids is 2. The summed E-state index contributed by atoms with van der Waals surface area (Å²) in [4.78, 5) is 36.2. The number of esters is 2. The van der Waals surface area contributed by atoms with Crippen LogP contribution in [-0.2, 0) is 32.7 Å². The number of allylic oxidation sites excluding steroid dienone is 8. The van der Waals surface area contributed by atoms with Crippen LogP contribution in [0.2, 0.25) is 0 Å². The van der Waals surface area contributed by atoms with E-state index in [-0.39, 0.29) is 26.0 Å². The highest BCUT2D eigenvalue weighted by molar-refractivity contribution is 7.47. The fourth-order valence-corrected chi connectivity index (χ4v) is 6.23. The first-order chi connectivity index (χ1) is 29.3. The number of unbranched alkanes of at least 4 members (excludes halogenated alkanes) is 19. The topological polar surface area (TPSA) is 108 Å². The third-order valence-electron chi connectivity index (χ3n) is 9.19. The predicted octanol–water partition coefficient (Wildman–Crippen LogP) is 13.1. The van der Waals surface area contributed by atoms with Gasteiger partial charge in [-0.25, -0.2) is 4.57 Å². The number of rotatable bonds is 41. The van der Waals surface area contributed by atoms with E-state index in [1.165, 1.54) is 77.0 Å². The Bertz CT molecular complexity index is 1340. The normalized spacial score (nSPS) is 16.4. The van der Waals surface area contributed by atoms with Gasteiger partial charge in [0.05, 0.1) is 34.6 Å². The van der Waals surface area contributed by atoms with E-state index in [0.717, 1.165) is 57.8 Å². The fraction of sp³-hybridized carbons (Fsp3) is 0.787. The van der Waals surface area contributed by atoms with Crippen LogP contribution in [-0.4, -0.2) is 74.8 Å². The Morgan fingerprint density at radius 3 is 1.49 bits per heavy atom. The Morgan fingerprint density at radius 2 is 1.00 bits per heavy atom. The van der Waals surface area contributed by atoms with Gasteiger partial charge < -0.3 is 18.9 Å². The number of hydrogen-bond donors (Lipinski definition) is 1. The molecule has 10 heteroatoms. The molecular weight excluding hydrogens is 737 g/mol. The highest BCUT2D eigenvalue weighted by Crippen LogP contribution is 2.43. The summed E-state index contributed by atoms with van der Waals surface area (Å²) >= 11 is 0. The van der Waals surface area contributed by atoms with Gasteiger partial charge in [-0.1, -0.05) is 165 Å². The highest BCUT2D eigenvalue weighted by Gasteiger charge is 2.27. The van der Waals surface area contributed by atoms with Gasteiger partial charge in [0.15, 0.2) is 6.08 Å². The number of likely N-dealkylation sites (N-methyl/N-ethyl adjacent to an activating group) is 1. The minimum Gasteiger partial charge on any atom is -0.462 e. The zero-order valence-corrected chi connectivity index (χ0v) is 37.7. The summed E-state index contributed by atoms with van der Waals surface area (Å²) in [5.41, 5.74) is 0. The summed E-state index contributed by atoms with van der Waals surface area (Å²) in [7, 11) is 0.132. The number of quaternary nitrogens is 1. The van der Waals surface area contributed by atoms with Crippen molar-refractivity contribution in [1.29, 1.82) is 0 Å². The number of carbonyl (C=O) groups is 2. The third kappa shape index (κ3) is 43.4. The molecular formula is C47H87NO8P+. The lowest BCUT2D eigenvalue weighted by Crippen LogP contribution is -2.37. The van der Waals surface area contributed by atoms with Gasteiger partial charge in [0, 0.05) is 12.8 Å². The molecule has 0 saturated heterocycles. The van der Waals surface area contributed by atoms with Gasteiger partial charge in [-0.15, -0.1) is 0 Å². The molecule has 0 aliphatic heterocycles. The maximum absolute atomic E-state index is 13.0. The maximum atomic E-state index is 13.0. The largest absolute Gasteiger partial charge is 0.472 e. The van der Waals surface area contributed by atoms with Crippen LogP contribution < -0.4 is 0 Å². The average Bonchev–Trinajstić information content (AvgIpc) is 3.17. The van der Waals surface area contributed by atoms with Gasteiger partial charge in [0.2, 0.25) is 0 Å². The van der Waals surface area contributed by atoms with Gasteiger partial charge >= 0.3 is 19.8 Å². The van der Waals surface area contributed by atoms with Gasteiger partial charge in [0.25, 0.3) is 0 Å². The molecule has 1 unspecified atom stereocenters. The zero-order chi connectivity index (χ0) is 46.6. The summed E-state index contributed by atoms with van der Waals surface area (Å²) in [6, 6.07) is 0. The van der Waals surface area contributed by atoms with Crippen molar-refractivity contribution >= 4 is 19.8 Å². The van der Waals surface area contributed by atoms with Crippen molar-refractivity contribution in [3.8, 4) is 0 Å². The van der Waals surface area contributed by atoms with E-state index in [1.54, 1.807) is 21.1 Å². The average molecular weight is 830 g/mol. The van der Waals surface area contributed by atoms with Crippen molar-refractivity contribution in [2.24, 2.45) is 0 Å². The van der Waals surface area contributed by atoms with Crippen LogP contribution in [0.4, 0.5) is 0 Å². The van der Waals surface area contributed by atoms with Gasteiger partial charge in [-0.3, -0.25) is 18.6 Å². The molecule has 2 atom stereocenters. The number of ether oxygens (including phenoxy) is 2. The smallest absolute Gasteiger partial charge is 0.462 e. The molecule has 57 heavy (non-hydrogen) atoms. The molecule has 0 spiro atoms. The van der Waals surface area contributed by atoms with Crippen molar-refractivity contribution in [2.45, 2.75) is 193 Å². The molecule has 0 radical (unpaired) electrons. The molecule has 0 aromatic carbocycles. The molecule has 0 bridgehead atoms. The predicted molar refractivity (Wildman–Crippen MR) is 238 cm³/mol. The zero-order valence-electron chi connectivity index (χ0n) is 41.8. The van der Waals surface area contributed by atoms with Gasteiger partial charge in [-0.2, -0.15) is 0 Å². The molecule has 0 saturated carbocycles. The molecule has 0 aliphatic rings. The third-order valence-corrected chi connectivity index (χ3v) is 10.0. The fourth-order valence-electron chi connectivity index (χ4n) is 5.67. The quantitative estimate of drug-likeness (QED) is 0.0213. The van der Waals surface area contributed by atoms with E-state index < -0.39 is 39.0 Å². The summed E-state index contributed by atoms with van der Waals surface area (Å²) in [5, 5.41) is 0. The van der Waals surface area contributed by atoms with E-state index in [9.17, 15) is 19.0 Å². The Balaban J connectivity index is 5.08. The minimum atomic E-state index is -5.27. The Kier molecular flexibility index (Phi) is 31.9. The summed E-state index contributed by atoms with van der Waals surface area (Å²) < 4.78 is 75.5. The van der Waals surface area contributed by atoms with E-state index in [1.807, 2.05) is 0 Å². The monoisotopic (exact) mass is 830 g/mol. The van der Waals surface area contributed by atoms with E-state index >= 15 is 0 Å². The van der Waals surface area contributed by atoms with Crippen LogP contribution in [0.3, 0.4) is 0 Å². The van der Waals surface area contributed by atoms with Crippen molar-refractivity contribution in [3.63, 3.8) is 0 Å². The van der Waals surface area contributed by atoms with E-state index in [0.29, 0.717) is 30.2 Å². The molecule has 1 N–H and O–H groups in total. The van der Waals surface area contributed by atoms with E-state index in [4.69, 9.17) is 25.4 Å². The second-order valence-electron chi connectivity index (χ2n) is 15.9. The standard InChI is InChI=1S/C47H86NO8P/c1-6-8-10-12-14-16-18-20-22-23-24-25-26-28-30-32-34-36-38-40-47(50)56-45(44-55-57(51,52)54-42-41-48(3,4)5)43-53-46(49)39-37-35-33-31-29-27-21-19-17-15-13-11-9-7-2/h14,16,20,22,24-25,28,30,45H,6-13,15,17-19,21,23,26-27,29,31-44H2,1-5H3/p+1/b16-14+,22-20+,25-24+,30-28+/t45-/m1/s1/i43D2,44D2,45D. The summed E-state index contributed by atoms with van der Waals surface area (Å²) in [6.07, 6.45) is 38.4. The van der Waals surface area contributed by atoms with Crippen LogP contribution in [0, 0.1) is 0 Å². The number of phosphoric ester groups is 1. The van der Waals surface area contributed by atoms with Gasteiger partial charge in [-0.05, 0) is 57.8 Å². The lowest BCUT2D eigenvalue weighted by molar-refractivity contribution is -0.870. The number of phosphoric acid groups is 1. The lowest BCUT2D eigenvalue weighted by Gasteiger charge is -2.24. The lowest BCUT2D eigenvalue weighted by atomic mass is 10.0. The van der Waals surface area contributed by atoms with E-state index in [2.05, 4.69) is 62.5 Å². The second-order valence-corrected chi connectivity index (χ2v) is 17.3. The Hall–Kier alpha value is -2.03. The first-order valence-corrected chi connectivity index (χ1v) is 23.8. The Labute approximate surface area is 357 Å². The molecule has 0 amide bonds. The number of nitrogens with zero attached hydrogens (tertiary/aromatic N) is 1. The van der Waals surface area contributed by atoms with Crippen molar-refractivity contribution in [2.75, 3.05) is 47.4 Å². The first-order valence-electron chi connectivity index (χ1n) is 24.8. The molecule has 0 rings (SSSR count). The maximum Gasteiger partial charge on any atom is 0.472 e. The SMILES string of the molecule is [2H]C([2H])(OC(=O)CCCCCCCCCCCCCCCC)[C@@]([2H])(OC(=O)CCCCC/C=C/C/C=C/C/C=C/C/C=C/CCCCC)C([2H])([2H])OP(=O)(O)OCC[N+](C)(C)C. The summed E-state index contributed by atoms with van der Waals surface area (Å²) in [6.45, 7) is -3.09. The van der Waals surface area contributed by atoms with Crippen molar-refractivity contribution in [3.05, 3.63) is 48.6 Å². The van der Waals surface area contributed by atoms with Crippen LogP contribution in [0.5, 0.6) is 0 Å². The molecule has 332 valence electrons. The van der Waals surface area contributed by atoms with Gasteiger partial charge in [0.1, 0.15) is 19.7 Å². The molecule has 0 aromatic rings. The van der Waals surface area contributed by atoms with Crippen LogP contribution >= 0.6 is 7.82 Å². The van der Waals surface area contributed by atoms with Crippen LogP contribution in [0.25, 0.3) is 0 Å². The molecule has 0 heterocycles. The Morgan fingerprint density at radius 1 is 0.596 bits per heavy atom. The number of hydrogen-bond acceptors (Lipinski definition) is 7. The highest BCUT2D eigenvalue weighted by atomic mass is 31.2. The molecule has 0 fully saturated rings. The first kappa shape index (κ1) is 46.0.